The molecule has 3 rings (SSSR count). The van der Waals surface area contributed by atoms with Gasteiger partial charge in [-0.15, -0.1) is 11.3 Å². The number of rotatable bonds is 7. The maximum Gasteiger partial charge on any atom is 0.341 e. The summed E-state index contributed by atoms with van der Waals surface area (Å²) >= 11 is 1.33. The van der Waals surface area contributed by atoms with E-state index in [2.05, 4.69) is 5.32 Å². The summed E-state index contributed by atoms with van der Waals surface area (Å²) in [5, 5.41) is 3.25. The summed E-state index contributed by atoms with van der Waals surface area (Å²) in [4.78, 5) is 38.4. The smallest absolute Gasteiger partial charge is 0.341 e. The molecule has 3 aromatic rings. The van der Waals surface area contributed by atoms with Crippen LogP contribution in [0.3, 0.4) is 0 Å². The van der Waals surface area contributed by atoms with Crippen molar-refractivity contribution >= 4 is 34.0 Å². The van der Waals surface area contributed by atoms with Crippen molar-refractivity contribution in [2.75, 3.05) is 12.4 Å². The summed E-state index contributed by atoms with van der Waals surface area (Å²) in [6, 6.07) is 15.1. The van der Waals surface area contributed by atoms with Crippen molar-refractivity contribution in [1.29, 1.82) is 0 Å². The number of thiophene rings is 1. The van der Waals surface area contributed by atoms with Crippen LogP contribution in [0.15, 0.2) is 48.5 Å². The molecule has 0 aliphatic carbocycles. The predicted molar refractivity (Wildman–Crippen MR) is 124 cm³/mol. The zero-order valence-electron chi connectivity index (χ0n) is 18.1. The lowest BCUT2D eigenvalue weighted by atomic mass is 10.0. The number of ether oxygens (including phenoxy) is 1. The number of carbonyl (C=O) groups is 3. The highest BCUT2D eigenvalue weighted by atomic mass is 32.1. The number of amides is 1. The largest absolute Gasteiger partial charge is 0.465 e. The van der Waals surface area contributed by atoms with E-state index in [1.165, 1.54) is 18.4 Å². The van der Waals surface area contributed by atoms with Crippen LogP contribution in [0.4, 0.5) is 5.00 Å². The minimum atomic E-state index is -0.508. The lowest BCUT2D eigenvalue weighted by molar-refractivity contribution is -0.116. The molecule has 0 radical (unpaired) electrons. The van der Waals surface area contributed by atoms with Crippen LogP contribution in [-0.2, 0) is 9.53 Å². The first-order valence-electron chi connectivity index (χ1n) is 9.98. The van der Waals surface area contributed by atoms with Gasteiger partial charge >= 0.3 is 5.97 Å². The molecule has 1 heterocycles. The summed E-state index contributed by atoms with van der Waals surface area (Å²) in [6.45, 7) is 5.85. The molecule has 1 aromatic heterocycles. The number of esters is 1. The van der Waals surface area contributed by atoms with Crippen molar-refractivity contribution in [3.05, 3.63) is 75.7 Å². The van der Waals surface area contributed by atoms with Crippen LogP contribution in [-0.4, -0.2) is 24.8 Å². The van der Waals surface area contributed by atoms with Crippen molar-refractivity contribution in [3.8, 4) is 11.1 Å². The Labute approximate surface area is 186 Å². The highest BCUT2D eigenvalue weighted by Gasteiger charge is 2.25. The van der Waals surface area contributed by atoms with Crippen LogP contribution in [0.1, 0.15) is 49.6 Å². The molecule has 0 atom stereocenters. The Morgan fingerprint density at radius 3 is 2.03 bits per heavy atom. The number of aryl methyl sites for hydroxylation is 3. The standard InChI is InChI=1S/C25H25NO4S/c1-15-5-9-18(10-6-15)20(27)13-14-21(28)26-24-23(25(29)30-4)22(17(3)31-24)19-11-7-16(2)8-12-19/h5-12H,13-14H2,1-4H3,(H,26,28). The van der Waals surface area contributed by atoms with E-state index in [9.17, 15) is 14.4 Å². The SMILES string of the molecule is COC(=O)c1c(NC(=O)CCC(=O)c2ccc(C)cc2)sc(C)c1-c1ccc(C)cc1. The van der Waals surface area contributed by atoms with Gasteiger partial charge in [-0.2, -0.15) is 0 Å². The second-order valence-corrected chi connectivity index (χ2v) is 8.66. The fraction of sp³-hybridized carbons (Fsp3) is 0.240. The Kier molecular flexibility index (Phi) is 7.02. The first kappa shape index (κ1) is 22.4. The van der Waals surface area contributed by atoms with E-state index >= 15 is 0 Å². The number of anilines is 1. The van der Waals surface area contributed by atoms with Gasteiger partial charge in [0.1, 0.15) is 10.6 Å². The lowest BCUT2D eigenvalue weighted by Gasteiger charge is -2.08. The Morgan fingerprint density at radius 2 is 1.45 bits per heavy atom. The second-order valence-electron chi connectivity index (χ2n) is 7.43. The number of ketones is 1. The molecule has 2 aromatic carbocycles. The van der Waals surface area contributed by atoms with E-state index in [1.54, 1.807) is 12.1 Å². The number of nitrogens with one attached hydrogen (secondary N) is 1. The van der Waals surface area contributed by atoms with Crippen LogP contribution in [0.5, 0.6) is 0 Å². The Bertz CT molecular complexity index is 1110. The Balaban J connectivity index is 1.79. The van der Waals surface area contributed by atoms with Gasteiger partial charge in [-0.1, -0.05) is 59.7 Å². The van der Waals surface area contributed by atoms with Crippen molar-refractivity contribution < 1.29 is 19.1 Å². The van der Waals surface area contributed by atoms with Crippen LogP contribution in [0.25, 0.3) is 11.1 Å². The molecule has 0 bridgehead atoms. The summed E-state index contributed by atoms with van der Waals surface area (Å²) in [5.41, 5.74) is 4.75. The van der Waals surface area contributed by atoms with Gasteiger partial charge in [0.2, 0.25) is 5.91 Å². The topological polar surface area (TPSA) is 72.5 Å². The molecule has 31 heavy (non-hydrogen) atoms. The van der Waals surface area contributed by atoms with Gasteiger partial charge in [-0.25, -0.2) is 4.79 Å². The van der Waals surface area contributed by atoms with E-state index in [0.717, 1.165) is 27.1 Å². The highest BCUT2D eigenvalue weighted by Crippen LogP contribution is 2.40. The number of carbonyl (C=O) groups excluding carboxylic acids is 3. The molecule has 0 aliphatic heterocycles. The summed E-state index contributed by atoms with van der Waals surface area (Å²) in [7, 11) is 1.32. The molecule has 1 amide bonds. The van der Waals surface area contributed by atoms with Crippen LogP contribution in [0.2, 0.25) is 0 Å². The van der Waals surface area contributed by atoms with Crippen LogP contribution in [0, 0.1) is 20.8 Å². The second kappa shape index (κ2) is 9.71. The van der Waals surface area contributed by atoms with Crippen LogP contribution >= 0.6 is 11.3 Å². The normalized spacial score (nSPS) is 10.6. The van der Waals surface area contributed by atoms with E-state index in [-0.39, 0.29) is 24.5 Å². The van der Waals surface area contributed by atoms with Crippen molar-refractivity contribution in [2.24, 2.45) is 0 Å². The average Bonchev–Trinajstić information content (AvgIpc) is 3.08. The monoisotopic (exact) mass is 435 g/mol. The molecular formula is C25H25NO4S. The lowest BCUT2D eigenvalue weighted by Crippen LogP contribution is -2.15. The first-order valence-corrected chi connectivity index (χ1v) is 10.8. The molecule has 0 saturated heterocycles. The number of Topliss-reactive ketones (excluding diaryl/α,β-unsaturated/α-hetero) is 1. The molecule has 160 valence electrons. The van der Waals surface area contributed by atoms with E-state index in [4.69, 9.17) is 4.74 Å². The van der Waals surface area contributed by atoms with Gasteiger partial charge in [-0.3, -0.25) is 9.59 Å². The maximum atomic E-state index is 12.6. The quantitative estimate of drug-likeness (QED) is 0.380. The fourth-order valence-electron chi connectivity index (χ4n) is 3.30. The van der Waals surface area contributed by atoms with E-state index in [0.29, 0.717) is 16.1 Å². The molecule has 1 N–H and O–H groups in total. The van der Waals surface area contributed by atoms with Gasteiger partial charge in [-0.05, 0) is 26.3 Å². The predicted octanol–water partition coefficient (Wildman–Crippen LogP) is 5.73. The van der Waals surface area contributed by atoms with E-state index < -0.39 is 5.97 Å². The van der Waals surface area contributed by atoms with E-state index in [1.807, 2.05) is 57.2 Å². The third kappa shape index (κ3) is 5.27. The number of hydrogen-bond acceptors (Lipinski definition) is 5. The summed E-state index contributed by atoms with van der Waals surface area (Å²) in [5.74, 6) is -0.917. The molecule has 6 heteroatoms. The van der Waals surface area contributed by atoms with Gasteiger partial charge in [0.25, 0.3) is 0 Å². The van der Waals surface area contributed by atoms with Gasteiger partial charge in [0.05, 0.1) is 7.11 Å². The summed E-state index contributed by atoms with van der Waals surface area (Å²) in [6.07, 6.45) is 0.127. The molecule has 5 nitrogen and oxygen atoms in total. The van der Waals surface area contributed by atoms with Crippen molar-refractivity contribution in [2.45, 2.75) is 33.6 Å². The Hall–Kier alpha value is -3.25. The minimum absolute atomic E-state index is 0.0319. The number of methoxy groups -OCH3 is 1. The molecule has 0 spiro atoms. The first-order chi connectivity index (χ1) is 14.8. The molecular weight excluding hydrogens is 410 g/mol. The number of benzene rings is 2. The third-order valence-corrected chi connectivity index (χ3v) is 6.04. The third-order valence-electron chi connectivity index (χ3n) is 5.02. The molecule has 0 unspecified atom stereocenters. The van der Waals surface area contributed by atoms with Crippen molar-refractivity contribution in [1.82, 2.24) is 0 Å². The minimum Gasteiger partial charge on any atom is -0.465 e. The zero-order chi connectivity index (χ0) is 22.5. The summed E-state index contributed by atoms with van der Waals surface area (Å²) < 4.78 is 4.99. The molecule has 0 saturated carbocycles. The zero-order valence-corrected chi connectivity index (χ0v) is 18.9. The van der Waals surface area contributed by atoms with Gasteiger partial charge in [0, 0.05) is 28.8 Å². The molecule has 0 aliphatic rings. The van der Waals surface area contributed by atoms with Gasteiger partial charge < -0.3 is 10.1 Å². The fourth-order valence-corrected chi connectivity index (χ4v) is 4.38. The molecule has 0 fully saturated rings. The van der Waals surface area contributed by atoms with Gasteiger partial charge in [0.15, 0.2) is 5.78 Å². The van der Waals surface area contributed by atoms with Crippen molar-refractivity contribution in [3.63, 3.8) is 0 Å². The average molecular weight is 436 g/mol. The highest BCUT2D eigenvalue weighted by molar-refractivity contribution is 7.17. The Morgan fingerprint density at radius 1 is 0.871 bits per heavy atom. The van der Waals surface area contributed by atoms with Crippen LogP contribution < -0.4 is 5.32 Å². The maximum absolute atomic E-state index is 12.6. The number of hydrogen-bond donors (Lipinski definition) is 1.